The molecule has 0 amide bonds. The molecular formula is C23H45O7P. The van der Waals surface area contributed by atoms with Gasteiger partial charge in [-0.15, -0.1) is 0 Å². The van der Waals surface area contributed by atoms with Crippen LogP contribution in [0.2, 0.25) is 0 Å². The van der Waals surface area contributed by atoms with Crippen molar-refractivity contribution in [2.24, 2.45) is 5.92 Å². The van der Waals surface area contributed by atoms with Crippen LogP contribution in [0.4, 0.5) is 0 Å². The van der Waals surface area contributed by atoms with E-state index in [0.717, 1.165) is 32.1 Å². The molecule has 0 aliphatic carbocycles. The molecule has 0 heterocycles. The van der Waals surface area contributed by atoms with Crippen molar-refractivity contribution in [1.29, 1.82) is 0 Å². The monoisotopic (exact) mass is 464 g/mol. The number of carbonyl (C=O) groups is 1. The molecule has 0 aromatic carbocycles. The van der Waals surface area contributed by atoms with Crippen molar-refractivity contribution >= 4 is 13.8 Å². The van der Waals surface area contributed by atoms with Gasteiger partial charge in [-0.05, 0) is 25.7 Å². The Labute approximate surface area is 189 Å². The molecule has 0 aromatic rings. The molecule has 0 aliphatic heterocycles. The molecule has 0 spiro atoms. The van der Waals surface area contributed by atoms with Gasteiger partial charge in [-0.2, -0.15) is 0 Å². The summed E-state index contributed by atoms with van der Waals surface area (Å²) in [5.41, 5.74) is 0.208. The highest BCUT2D eigenvalue weighted by Crippen LogP contribution is 2.44. The minimum absolute atomic E-state index is 0.162. The van der Waals surface area contributed by atoms with Crippen LogP contribution in [0.1, 0.15) is 97.8 Å². The topological polar surface area (TPSA) is 102 Å². The molecule has 0 fully saturated rings. The summed E-state index contributed by atoms with van der Waals surface area (Å²) in [6.07, 6.45) is 12.6. The Morgan fingerprint density at radius 3 is 1.90 bits per heavy atom. The molecule has 7 nitrogen and oxygen atoms in total. The molecule has 8 heteroatoms. The van der Waals surface area contributed by atoms with Crippen molar-refractivity contribution < 1.29 is 33.1 Å². The van der Waals surface area contributed by atoms with Gasteiger partial charge in [0.15, 0.2) is 0 Å². The van der Waals surface area contributed by atoms with E-state index in [4.69, 9.17) is 13.8 Å². The maximum atomic E-state index is 12.2. The molecule has 3 atom stereocenters. The summed E-state index contributed by atoms with van der Waals surface area (Å²) in [5.74, 6) is -0.420. The van der Waals surface area contributed by atoms with Crippen molar-refractivity contribution in [3.63, 3.8) is 0 Å². The number of phosphoric ester groups is 1. The number of rotatable bonds is 21. The fraction of sp³-hybridized carbons (Fsp3) is 0.870. The molecule has 0 bridgehead atoms. The Morgan fingerprint density at radius 2 is 1.35 bits per heavy atom. The second kappa shape index (κ2) is 18.8. The third kappa shape index (κ3) is 18.5. The lowest BCUT2D eigenvalue weighted by Gasteiger charge is -2.20. The van der Waals surface area contributed by atoms with Crippen molar-refractivity contribution in [3.8, 4) is 0 Å². The van der Waals surface area contributed by atoms with Gasteiger partial charge in [0.2, 0.25) is 0 Å². The molecule has 184 valence electrons. The van der Waals surface area contributed by atoms with Crippen LogP contribution in [-0.4, -0.2) is 41.9 Å². The van der Waals surface area contributed by atoms with E-state index in [9.17, 15) is 19.4 Å². The second-order valence-electron chi connectivity index (χ2n) is 8.36. The van der Waals surface area contributed by atoms with Crippen LogP contribution in [-0.2, 0) is 23.1 Å². The molecule has 0 saturated heterocycles. The average molecular weight is 465 g/mol. The van der Waals surface area contributed by atoms with E-state index < -0.39 is 26.5 Å². The lowest BCUT2D eigenvalue weighted by molar-refractivity contribution is -0.142. The number of ether oxygens (including phenoxy) is 1. The summed E-state index contributed by atoms with van der Waals surface area (Å²) < 4.78 is 27.1. The van der Waals surface area contributed by atoms with Crippen molar-refractivity contribution in [2.75, 3.05) is 19.8 Å². The first-order valence-electron chi connectivity index (χ1n) is 11.8. The fourth-order valence-electron chi connectivity index (χ4n) is 3.14. The van der Waals surface area contributed by atoms with Crippen LogP contribution in [0.25, 0.3) is 0 Å². The van der Waals surface area contributed by atoms with Crippen LogP contribution in [0.3, 0.4) is 0 Å². The molecular weight excluding hydrogens is 419 g/mol. The van der Waals surface area contributed by atoms with Gasteiger partial charge in [-0.25, -0.2) is 9.36 Å². The van der Waals surface area contributed by atoms with Gasteiger partial charge in [0.05, 0.1) is 13.2 Å². The first-order valence-corrected chi connectivity index (χ1v) is 13.3. The van der Waals surface area contributed by atoms with Crippen LogP contribution in [0, 0.1) is 5.92 Å². The van der Waals surface area contributed by atoms with Crippen LogP contribution >= 0.6 is 7.82 Å². The van der Waals surface area contributed by atoms with E-state index in [2.05, 4.69) is 20.4 Å². The number of phosphoric acid groups is 1. The molecule has 3 unspecified atom stereocenters. The summed E-state index contributed by atoms with van der Waals surface area (Å²) in [6, 6.07) is 0. The molecule has 0 saturated carbocycles. The highest BCUT2D eigenvalue weighted by atomic mass is 31.2. The lowest BCUT2D eigenvalue weighted by Crippen LogP contribution is -2.23. The largest absolute Gasteiger partial charge is 0.472 e. The normalized spacial score (nSPS) is 15.3. The maximum Gasteiger partial charge on any atom is 0.472 e. The highest BCUT2D eigenvalue weighted by molar-refractivity contribution is 7.47. The summed E-state index contributed by atoms with van der Waals surface area (Å²) in [5, 5.41) is 9.77. The standard InChI is InChI=1S/C23H45O7P/c1-5-7-9-11-12-14-16-21(15-13-10-8-6-2)17-29-31(26,27)30-19-22(24)18-28-23(25)20(3)4/h21-22,24H,3,5-19H2,1-2,4H3,(H,26,27). The number of unbranched alkanes of at least 4 members (excludes halogenated alkanes) is 8. The van der Waals surface area contributed by atoms with E-state index in [-0.39, 0.29) is 24.7 Å². The van der Waals surface area contributed by atoms with Gasteiger partial charge in [-0.3, -0.25) is 9.05 Å². The number of hydrogen-bond donors (Lipinski definition) is 2. The summed E-state index contributed by atoms with van der Waals surface area (Å²) >= 11 is 0. The Bertz CT molecular complexity index is 524. The van der Waals surface area contributed by atoms with Gasteiger partial charge in [0.25, 0.3) is 0 Å². The Morgan fingerprint density at radius 1 is 0.871 bits per heavy atom. The molecule has 0 rings (SSSR count). The first-order chi connectivity index (χ1) is 14.7. The van der Waals surface area contributed by atoms with Gasteiger partial charge in [-0.1, -0.05) is 84.6 Å². The Kier molecular flexibility index (Phi) is 18.4. The third-order valence-electron chi connectivity index (χ3n) is 5.09. The Balaban J connectivity index is 4.34. The zero-order valence-corrected chi connectivity index (χ0v) is 20.7. The Hall–Kier alpha value is -0.720. The van der Waals surface area contributed by atoms with Gasteiger partial charge < -0.3 is 14.7 Å². The van der Waals surface area contributed by atoms with E-state index in [1.165, 1.54) is 51.9 Å². The predicted molar refractivity (Wildman–Crippen MR) is 124 cm³/mol. The molecule has 0 aromatic heterocycles. The van der Waals surface area contributed by atoms with Gasteiger partial charge in [0.1, 0.15) is 12.7 Å². The van der Waals surface area contributed by atoms with Gasteiger partial charge in [0, 0.05) is 5.57 Å². The molecule has 31 heavy (non-hydrogen) atoms. The zero-order valence-electron chi connectivity index (χ0n) is 19.9. The minimum atomic E-state index is -4.28. The molecule has 0 aliphatic rings. The number of aliphatic hydroxyl groups is 1. The zero-order chi connectivity index (χ0) is 23.5. The average Bonchev–Trinajstić information content (AvgIpc) is 2.73. The van der Waals surface area contributed by atoms with Crippen molar-refractivity contribution in [3.05, 3.63) is 12.2 Å². The summed E-state index contributed by atoms with van der Waals surface area (Å²) in [4.78, 5) is 21.2. The molecule has 0 radical (unpaired) electrons. The van der Waals surface area contributed by atoms with Crippen molar-refractivity contribution in [2.45, 2.75) is 104 Å². The van der Waals surface area contributed by atoms with Crippen molar-refractivity contribution in [1.82, 2.24) is 0 Å². The molecule has 2 N–H and O–H groups in total. The predicted octanol–water partition coefficient (Wildman–Crippen LogP) is 5.94. The highest BCUT2D eigenvalue weighted by Gasteiger charge is 2.25. The second-order valence-corrected chi connectivity index (χ2v) is 9.82. The maximum absolute atomic E-state index is 12.2. The van der Waals surface area contributed by atoms with Crippen LogP contribution in [0.5, 0.6) is 0 Å². The SMILES string of the molecule is C=C(C)C(=O)OCC(O)COP(=O)(O)OCC(CCCCCC)CCCCCCCC. The van der Waals surface area contributed by atoms with Crippen LogP contribution in [0.15, 0.2) is 12.2 Å². The minimum Gasteiger partial charge on any atom is -0.460 e. The number of esters is 1. The fourth-order valence-corrected chi connectivity index (χ4v) is 3.98. The lowest BCUT2D eigenvalue weighted by atomic mass is 9.95. The quantitative estimate of drug-likeness (QED) is 0.0938. The first kappa shape index (κ1) is 30.3. The van der Waals surface area contributed by atoms with Gasteiger partial charge >= 0.3 is 13.8 Å². The summed E-state index contributed by atoms with van der Waals surface area (Å²) in [7, 11) is -4.28. The van der Waals surface area contributed by atoms with E-state index >= 15 is 0 Å². The van der Waals surface area contributed by atoms with E-state index in [0.29, 0.717) is 0 Å². The number of carbonyl (C=O) groups excluding carboxylic acids is 1. The van der Waals surface area contributed by atoms with Crippen LogP contribution < -0.4 is 0 Å². The van der Waals surface area contributed by atoms with E-state index in [1.54, 1.807) is 0 Å². The smallest absolute Gasteiger partial charge is 0.460 e. The number of aliphatic hydroxyl groups excluding tert-OH is 1. The summed E-state index contributed by atoms with van der Waals surface area (Å²) in [6.45, 7) is 8.66. The third-order valence-corrected chi connectivity index (χ3v) is 6.04. The number of hydrogen-bond acceptors (Lipinski definition) is 6. The van der Waals surface area contributed by atoms with E-state index in [1.807, 2.05) is 0 Å².